The number of anilines is 2. The summed E-state index contributed by atoms with van der Waals surface area (Å²) in [6.45, 7) is 3.63. The van der Waals surface area contributed by atoms with Crippen molar-refractivity contribution in [1.29, 1.82) is 5.41 Å². The number of carboxylic acids is 2. The number of hydrogen-bond acceptors (Lipinski definition) is 12. The number of halogens is 6. The number of carbonyl (C=O) groups is 5. The monoisotopic (exact) mass is 879 g/mol. The summed E-state index contributed by atoms with van der Waals surface area (Å²) >= 11 is 0. The van der Waals surface area contributed by atoms with Gasteiger partial charge in [-0.3, -0.25) is 29.7 Å². The molecule has 1 saturated carbocycles. The standard InChI is InChI=1S/C35H37N7O6.2C2HF3O2/c1-21(2)40-32-33(44)42(29(18-39-32)26-14-27(36)16-28(15-26)48-34(45)25-12-13-25)19-30(43)38-17-22-8-10-24(11-9-22)31(37)41-35(46)47-20-23-6-4-3-5-7-23;2*3-2(4,5)1(6)7/h3-11,14-16,18,21,25H,12-13,17,19-20,36H2,1-2H3,(H,38,43)(H,39,40)(H2,37,41,46);2*(H,6,7). The fraction of sp³-hybridized carbons (Fsp3) is 0.282. The lowest BCUT2D eigenvalue weighted by atomic mass is 10.1. The predicted octanol–water partition coefficient (Wildman–Crippen LogP) is 5.46. The zero-order valence-electron chi connectivity index (χ0n) is 32.6. The van der Waals surface area contributed by atoms with Crippen LogP contribution in [0.4, 0.5) is 42.6 Å². The molecule has 17 nitrogen and oxygen atoms in total. The summed E-state index contributed by atoms with van der Waals surface area (Å²) in [5.74, 6) is -6.21. The maximum atomic E-state index is 13.5. The molecule has 0 bridgehead atoms. The van der Waals surface area contributed by atoms with E-state index < -0.39 is 41.9 Å². The third-order valence-electron chi connectivity index (χ3n) is 7.79. The average Bonchev–Trinajstić information content (AvgIpc) is 4.04. The number of alkyl halides is 6. The minimum Gasteiger partial charge on any atom is -0.475 e. The molecule has 3 aromatic carbocycles. The van der Waals surface area contributed by atoms with Crippen molar-refractivity contribution in [3.63, 3.8) is 0 Å². The molecule has 0 aliphatic heterocycles. The Hall–Kier alpha value is -7.46. The van der Waals surface area contributed by atoms with Crippen LogP contribution in [0.5, 0.6) is 5.75 Å². The van der Waals surface area contributed by atoms with Crippen molar-refractivity contribution in [2.45, 2.75) is 64.8 Å². The van der Waals surface area contributed by atoms with Crippen molar-refractivity contribution >= 4 is 47.2 Å². The summed E-state index contributed by atoms with van der Waals surface area (Å²) in [6.07, 6.45) is -7.87. The number of amides is 2. The number of ether oxygens (including phenoxy) is 2. The van der Waals surface area contributed by atoms with Crippen molar-refractivity contribution in [1.82, 2.24) is 20.2 Å². The number of nitrogens with two attached hydrogens (primary N) is 1. The van der Waals surface area contributed by atoms with Gasteiger partial charge < -0.3 is 36.1 Å². The molecule has 332 valence electrons. The number of nitrogen functional groups attached to an aromatic ring is 1. The molecule has 0 saturated heterocycles. The number of esters is 1. The van der Waals surface area contributed by atoms with Crippen molar-refractivity contribution in [2.75, 3.05) is 11.1 Å². The smallest absolute Gasteiger partial charge is 0.475 e. The van der Waals surface area contributed by atoms with Gasteiger partial charge in [-0.15, -0.1) is 0 Å². The van der Waals surface area contributed by atoms with E-state index in [2.05, 4.69) is 20.9 Å². The lowest BCUT2D eigenvalue weighted by molar-refractivity contribution is -0.193. The molecule has 0 radical (unpaired) electrons. The molecular formula is C39H39F6N7O10. The van der Waals surface area contributed by atoms with Crippen LogP contribution >= 0.6 is 0 Å². The average molecular weight is 880 g/mol. The molecule has 1 aromatic heterocycles. The normalized spacial score (nSPS) is 12.0. The van der Waals surface area contributed by atoms with Crippen LogP contribution in [0.3, 0.4) is 0 Å². The van der Waals surface area contributed by atoms with Gasteiger partial charge in [-0.2, -0.15) is 26.3 Å². The van der Waals surface area contributed by atoms with Gasteiger partial charge in [0.2, 0.25) is 5.91 Å². The summed E-state index contributed by atoms with van der Waals surface area (Å²) in [4.78, 5) is 73.2. The Balaban J connectivity index is 0.000000629. The van der Waals surface area contributed by atoms with E-state index >= 15 is 0 Å². The van der Waals surface area contributed by atoms with Gasteiger partial charge in [-0.25, -0.2) is 19.4 Å². The van der Waals surface area contributed by atoms with Crippen LogP contribution in [-0.2, 0) is 43.6 Å². The molecule has 0 unspecified atom stereocenters. The number of benzene rings is 3. The van der Waals surface area contributed by atoms with Crippen LogP contribution in [0.25, 0.3) is 11.3 Å². The number of nitrogens with zero attached hydrogens (tertiary/aromatic N) is 2. The molecule has 8 N–H and O–H groups in total. The molecule has 1 aliphatic carbocycles. The van der Waals surface area contributed by atoms with Gasteiger partial charge in [0, 0.05) is 35.5 Å². The Morgan fingerprint density at radius 2 is 1.48 bits per heavy atom. The molecule has 62 heavy (non-hydrogen) atoms. The maximum absolute atomic E-state index is 13.5. The molecule has 4 aromatic rings. The topological polar surface area (TPSA) is 265 Å². The number of aromatic nitrogens is 2. The number of carboxylic acid groups (broad SMARTS) is 2. The quantitative estimate of drug-likeness (QED) is 0.0233. The fourth-order valence-corrected chi connectivity index (χ4v) is 4.72. The minimum absolute atomic E-state index is 0.0809. The van der Waals surface area contributed by atoms with Crippen LogP contribution in [0, 0.1) is 11.3 Å². The van der Waals surface area contributed by atoms with E-state index in [1.165, 1.54) is 16.8 Å². The Labute approximate surface area is 347 Å². The van der Waals surface area contributed by atoms with Crippen LogP contribution in [0.15, 0.2) is 83.8 Å². The molecular weight excluding hydrogens is 840 g/mol. The number of alkyl carbamates (subject to hydrolysis) is 1. The third-order valence-corrected chi connectivity index (χ3v) is 7.79. The van der Waals surface area contributed by atoms with Gasteiger partial charge >= 0.3 is 36.4 Å². The first-order valence-electron chi connectivity index (χ1n) is 18.0. The van der Waals surface area contributed by atoms with Crippen LogP contribution in [-0.4, -0.2) is 73.9 Å². The summed E-state index contributed by atoms with van der Waals surface area (Å²) in [5, 5.41) is 30.7. The van der Waals surface area contributed by atoms with E-state index in [0.717, 1.165) is 24.0 Å². The van der Waals surface area contributed by atoms with Crippen molar-refractivity contribution in [3.05, 3.63) is 106 Å². The van der Waals surface area contributed by atoms with Gasteiger partial charge in [0.05, 0.1) is 17.8 Å². The molecule has 5 rings (SSSR count). The van der Waals surface area contributed by atoms with E-state index in [0.29, 0.717) is 22.5 Å². The Morgan fingerprint density at radius 1 is 0.903 bits per heavy atom. The minimum atomic E-state index is -5.08. The summed E-state index contributed by atoms with van der Waals surface area (Å²) < 4.78 is 75.4. The first-order valence-corrected chi connectivity index (χ1v) is 18.0. The highest BCUT2D eigenvalue weighted by molar-refractivity contribution is 6.04. The number of nitrogens with one attached hydrogen (secondary N) is 4. The van der Waals surface area contributed by atoms with Crippen molar-refractivity contribution in [2.24, 2.45) is 5.92 Å². The molecule has 2 amide bonds. The van der Waals surface area contributed by atoms with Gasteiger partial charge in [0.15, 0.2) is 5.82 Å². The maximum Gasteiger partial charge on any atom is 0.490 e. The lowest BCUT2D eigenvalue weighted by Gasteiger charge is -2.17. The first-order chi connectivity index (χ1) is 28.9. The lowest BCUT2D eigenvalue weighted by Crippen LogP contribution is -2.35. The van der Waals surface area contributed by atoms with Crippen molar-refractivity contribution in [3.8, 4) is 17.0 Å². The number of amidine groups is 1. The largest absolute Gasteiger partial charge is 0.490 e. The van der Waals surface area contributed by atoms with Gasteiger partial charge in [0.1, 0.15) is 24.7 Å². The highest BCUT2D eigenvalue weighted by Crippen LogP contribution is 2.33. The summed E-state index contributed by atoms with van der Waals surface area (Å²) in [5.41, 5.74) is 8.71. The van der Waals surface area contributed by atoms with Gasteiger partial charge in [0.25, 0.3) is 5.56 Å². The fourth-order valence-electron chi connectivity index (χ4n) is 4.72. The Morgan fingerprint density at radius 3 is 2.02 bits per heavy atom. The number of carbonyl (C=O) groups excluding carboxylic acids is 3. The number of aliphatic carboxylic acids is 2. The molecule has 23 heteroatoms. The van der Waals surface area contributed by atoms with E-state index in [-0.39, 0.29) is 55.0 Å². The van der Waals surface area contributed by atoms with Crippen molar-refractivity contribution < 1.29 is 70.0 Å². The Kier molecular flexibility index (Phi) is 17.1. The molecule has 1 heterocycles. The van der Waals surface area contributed by atoms with E-state index in [1.807, 2.05) is 44.2 Å². The van der Waals surface area contributed by atoms with Crippen LogP contribution in [0.1, 0.15) is 43.4 Å². The zero-order valence-corrected chi connectivity index (χ0v) is 32.6. The highest BCUT2D eigenvalue weighted by atomic mass is 19.4. The second kappa shape index (κ2) is 21.7. The molecule has 0 atom stereocenters. The third kappa shape index (κ3) is 16.3. The number of rotatable bonds is 12. The number of hydrogen-bond donors (Lipinski definition) is 7. The zero-order chi connectivity index (χ0) is 46.4. The highest BCUT2D eigenvalue weighted by Gasteiger charge is 2.39. The predicted molar refractivity (Wildman–Crippen MR) is 208 cm³/mol. The van der Waals surface area contributed by atoms with Gasteiger partial charge in [-0.1, -0.05) is 54.6 Å². The van der Waals surface area contributed by atoms with E-state index in [9.17, 15) is 45.5 Å². The first kappa shape index (κ1) is 48.9. The molecule has 1 aliphatic rings. The summed E-state index contributed by atoms with van der Waals surface area (Å²) in [7, 11) is 0. The van der Waals surface area contributed by atoms with E-state index in [1.54, 1.807) is 36.4 Å². The Bertz CT molecular complexity index is 2270. The van der Waals surface area contributed by atoms with Crippen LogP contribution in [0.2, 0.25) is 0 Å². The van der Waals surface area contributed by atoms with Crippen LogP contribution < -0.4 is 32.0 Å². The second-order valence-electron chi connectivity index (χ2n) is 13.3. The van der Waals surface area contributed by atoms with Gasteiger partial charge in [-0.05, 0) is 49.9 Å². The molecule has 0 spiro atoms. The second-order valence-corrected chi connectivity index (χ2v) is 13.3. The molecule has 1 fully saturated rings. The van der Waals surface area contributed by atoms with E-state index in [4.69, 9.17) is 40.4 Å². The summed E-state index contributed by atoms with van der Waals surface area (Å²) in [6, 6.07) is 20.6. The SMILES string of the molecule is CC(C)Nc1ncc(-c2cc(N)cc(OC(=O)C3CC3)c2)n(CC(=O)NCc2ccc(C(=N)NC(=O)OCc3ccccc3)cc2)c1=O.O=C(O)C(F)(F)F.O=C(O)C(F)(F)F.